The number of carbonyl (C=O) groups is 3. The predicted molar refractivity (Wildman–Crippen MR) is 113 cm³/mol. The van der Waals surface area contributed by atoms with E-state index in [4.69, 9.17) is 0 Å². The highest BCUT2D eigenvalue weighted by molar-refractivity contribution is 5.85. The molecule has 4 rings (SSSR count). The first kappa shape index (κ1) is 21.6. The average Bonchev–Trinajstić information content (AvgIpc) is 3.49. The Labute approximate surface area is 180 Å². The highest BCUT2D eigenvalue weighted by Crippen LogP contribution is 2.62. The van der Waals surface area contributed by atoms with E-state index in [0.29, 0.717) is 11.8 Å². The molecule has 7 heteroatoms. The van der Waals surface area contributed by atoms with E-state index in [1.807, 2.05) is 4.90 Å². The van der Waals surface area contributed by atoms with Crippen LogP contribution in [0, 0.1) is 16.7 Å². The molecule has 0 unspecified atom stereocenters. The van der Waals surface area contributed by atoms with Gasteiger partial charge in [-0.15, -0.1) is 0 Å². The van der Waals surface area contributed by atoms with E-state index in [1.165, 1.54) is 7.11 Å². The van der Waals surface area contributed by atoms with Gasteiger partial charge < -0.3 is 19.4 Å². The third-order valence-electron chi connectivity index (χ3n) is 8.57. The number of piperidine rings is 1. The molecule has 0 radical (unpaired) electrons. The molecule has 0 aromatic heterocycles. The van der Waals surface area contributed by atoms with E-state index in [0.717, 1.165) is 84.3 Å². The van der Waals surface area contributed by atoms with Crippen molar-refractivity contribution in [2.45, 2.75) is 58.3 Å². The van der Waals surface area contributed by atoms with Gasteiger partial charge in [-0.3, -0.25) is 14.4 Å². The lowest BCUT2D eigenvalue weighted by molar-refractivity contribution is -0.145. The number of carbonyl (C=O) groups excluding carboxylic acids is 3. The molecule has 1 spiro atoms. The zero-order valence-corrected chi connectivity index (χ0v) is 18.7. The van der Waals surface area contributed by atoms with E-state index < -0.39 is 0 Å². The Morgan fingerprint density at radius 3 is 2.27 bits per heavy atom. The van der Waals surface area contributed by atoms with Crippen LogP contribution >= 0.6 is 0 Å². The van der Waals surface area contributed by atoms with Crippen molar-refractivity contribution in [3.05, 3.63) is 0 Å². The quantitative estimate of drug-likeness (QED) is 0.637. The fourth-order valence-electron chi connectivity index (χ4n) is 6.75. The highest BCUT2D eigenvalue weighted by Gasteiger charge is 2.64. The third kappa shape index (κ3) is 3.63. The molecule has 0 aromatic rings. The average molecular weight is 420 g/mol. The lowest BCUT2D eigenvalue weighted by Crippen LogP contribution is -2.50. The van der Waals surface area contributed by atoms with Crippen molar-refractivity contribution in [2.24, 2.45) is 16.7 Å². The largest absolute Gasteiger partial charge is 0.469 e. The van der Waals surface area contributed by atoms with E-state index in [2.05, 4.69) is 21.5 Å². The fourth-order valence-corrected chi connectivity index (χ4v) is 6.75. The zero-order chi connectivity index (χ0) is 21.4. The fraction of sp³-hybridized carbons (Fsp3) is 0.870. The Kier molecular flexibility index (Phi) is 6.11. The van der Waals surface area contributed by atoms with Gasteiger partial charge in [0.25, 0.3) is 0 Å². The number of fused-ring (bicyclic) bond motifs is 2. The normalized spacial score (nSPS) is 30.7. The van der Waals surface area contributed by atoms with Gasteiger partial charge in [-0.2, -0.15) is 0 Å². The smallest absolute Gasteiger partial charge is 0.306 e. The highest BCUT2D eigenvalue weighted by atomic mass is 16.5. The summed E-state index contributed by atoms with van der Waals surface area (Å²) in [6, 6.07) is 0. The maximum absolute atomic E-state index is 13.7. The molecule has 3 aliphatic heterocycles. The van der Waals surface area contributed by atoms with Gasteiger partial charge in [0.05, 0.1) is 18.9 Å². The third-order valence-corrected chi connectivity index (χ3v) is 8.57. The molecular weight excluding hydrogens is 382 g/mol. The second kappa shape index (κ2) is 8.48. The number of rotatable bonds is 5. The molecule has 2 atom stereocenters. The molecule has 0 bridgehead atoms. The number of nitrogens with zero attached hydrogens (tertiary/aromatic N) is 3. The lowest BCUT2D eigenvalue weighted by atomic mass is 9.65. The van der Waals surface area contributed by atoms with Crippen molar-refractivity contribution >= 4 is 17.8 Å². The minimum absolute atomic E-state index is 0.0502. The molecule has 168 valence electrons. The van der Waals surface area contributed by atoms with Crippen molar-refractivity contribution < 1.29 is 19.1 Å². The minimum atomic E-state index is -0.330. The van der Waals surface area contributed by atoms with Crippen molar-refractivity contribution in [1.82, 2.24) is 14.7 Å². The molecule has 3 heterocycles. The Morgan fingerprint density at radius 2 is 1.63 bits per heavy atom. The molecule has 30 heavy (non-hydrogen) atoms. The second-order valence-corrected chi connectivity index (χ2v) is 9.86. The second-order valence-electron chi connectivity index (χ2n) is 9.86. The summed E-state index contributed by atoms with van der Waals surface area (Å²) in [4.78, 5) is 44.1. The van der Waals surface area contributed by atoms with E-state index in [-0.39, 0.29) is 35.5 Å². The van der Waals surface area contributed by atoms with Crippen molar-refractivity contribution in [3.8, 4) is 0 Å². The Bertz CT molecular complexity index is 682. The minimum Gasteiger partial charge on any atom is -0.469 e. The van der Waals surface area contributed by atoms with Gasteiger partial charge >= 0.3 is 5.97 Å². The maximum Gasteiger partial charge on any atom is 0.306 e. The Morgan fingerprint density at radius 1 is 0.933 bits per heavy atom. The first-order valence-electron chi connectivity index (χ1n) is 11.8. The van der Waals surface area contributed by atoms with Crippen LogP contribution in [0.5, 0.6) is 0 Å². The van der Waals surface area contributed by atoms with E-state index >= 15 is 0 Å². The number of likely N-dealkylation sites (tertiary alicyclic amines) is 3. The summed E-state index contributed by atoms with van der Waals surface area (Å²) in [5, 5.41) is 0. The number of amides is 2. The topological polar surface area (TPSA) is 70.2 Å². The summed E-state index contributed by atoms with van der Waals surface area (Å²) >= 11 is 0. The van der Waals surface area contributed by atoms with Gasteiger partial charge in [-0.25, -0.2) is 0 Å². The molecule has 4 aliphatic rings. The first-order chi connectivity index (χ1) is 14.4. The summed E-state index contributed by atoms with van der Waals surface area (Å²) in [7, 11) is 1.36. The van der Waals surface area contributed by atoms with Gasteiger partial charge in [0, 0.05) is 45.7 Å². The van der Waals surface area contributed by atoms with Crippen LogP contribution in [0.4, 0.5) is 0 Å². The van der Waals surface area contributed by atoms with Gasteiger partial charge in [-0.1, -0.05) is 6.92 Å². The number of methoxy groups -OCH3 is 1. The Balaban J connectivity index is 1.44. The van der Waals surface area contributed by atoms with Crippen LogP contribution in [-0.4, -0.2) is 85.4 Å². The standard InChI is InChI=1S/C23H37N3O4/c1-3-24-16-18-22(8-9-23(18,17-24)21(29)26-12-4-5-13-26)10-14-25(15-11-22)19(27)6-7-20(28)30-2/h18H,3-17H2,1-2H3/t18-,23+/m0/s1. The molecule has 7 nitrogen and oxygen atoms in total. The molecule has 1 saturated carbocycles. The Hall–Kier alpha value is -1.63. The molecule has 4 fully saturated rings. The predicted octanol–water partition coefficient (Wildman–Crippen LogP) is 1.90. The van der Waals surface area contributed by atoms with Gasteiger partial charge in [0.2, 0.25) is 11.8 Å². The number of ether oxygens (including phenoxy) is 1. The lowest BCUT2D eigenvalue weighted by Gasteiger charge is -2.45. The van der Waals surface area contributed by atoms with Crippen LogP contribution in [0.15, 0.2) is 0 Å². The molecule has 3 saturated heterocycles. The summed E-state index contributed by atoms with van der Waals surface area (Å²) < 4.78 is 4.66. The van der Waals surface area contributed by atoms with Crippen molar-refractivity contribution in [3.63, 3.8) is 0 Å². The molecule has 1 aliphatic carbocycles. The zero-order valence-electron chi connectivity index (χ0n) is 18.7. The van der Waals surface area contributed by atoms with Crippen LogP contribution in [0.2, 0.25) is 0 Å². The summed E-state index contributed by atoms with van der Waals surface area (Å²) in [5.41, 5.74) is -0.0319. The van der Waals surface area contributed by atoms with Crippen LogP contribution in [0.1, 0.15) is 58.3 Å². The van der Waals surface area contributed by atoms with E-state index in [9.17, 15) is 14.4 Å². The number of esters is 1. The summed E-state index contributed by atoms with van der Waals surface area (Å²) in [6.07, 6.45) is 6.72. The van der Waals surface area contributed by atoms with Crippen LogP contribution in [-0.2, 0) is 19.1 Å². The van der Waals surface area contributed by atoms with Crippen molar-refractivity contribution in [1.29, 1.82) is 0 Å². The van der Waals surface area contributed by atoms with E-state index in [1.54, 1.807) is 0 Å². The number of hydrogen-bond acceptors (Lipinski definition) is 5. The molecular formula is C23H37N3O4. The maximum atomic E-state index is 13.7. The van der Waals surface area contributed by atoms with Crippen LogP contribution in [0.25, 0.3) is 0 Å². The first-order valence-corrected chi connectivity index (χ1v) is 11.8. The van der Waals surface area contributed by atoms with Gasteiger partial charge in [-0.05, 0) is 56.4 Å². The summed E-state index contributed by atoms with van der Waals surface area (Å²) in [6.45, 7) is 8.47. The molecule has 0 N–H and O–H groups in total. The SMILES string of the molecule is CCN1C[C@H]2C3(CCN(C(=O)CCC(=O)OC)CC3)CC[C@@]2(C(=O)N2CCCC2)C1. The van der Waals surface area contributed by atoms with Crippen LogP contribution in [0.3, 0.4) is 0 Å². The molecule has 2 amide bonds. The monoisotopic (exact) mass is 419 g/mol. The van der Waals surface area contributed by atoms with Crippen LogP contribution < -0.4 is 0 Å². The van der Waals surface area contributed by atoms with Crippen molar-refractivity contribution in [2.75, 3.05) is 52.9 Å². The number of hydrogen-bond donors (Lipinski definition) is 0. The summed E-state index contributed by atoms with van der Waals surface area (Å²) in [5.74, 6) is 0.539. The van der Waals surface area contributed by atoms with Gasteiger partial charge in [0.15, 0.2) is 0 Å². The van der Waals surface area contributed by atoms with Gasteiger partial charge in [0.1, 0.15) is 0 Å². The molecule has 0 aromatic carbocycles.